The van der Waals surface area contributed by atoms with Gasteiger partial charge in [-0.05, 0) is 57.0 Å². The van der Waals surface area contributed by atoms with Crippen LogP contribution < -0.4 is 5.32 Å². The molecule has 96 valence electrons. The van der Waals surface area contributed by atoms with E-state index in [0.29, 0.717) is 5.92 Å². The Hall–Kier alpha value is -0.930. The Balaban J connectivity index is 2.56. The Morgan fingerprint density at radius 1 is 1.29 bits per heavy atom. The molecule has 1 aromatic rings. The van der Waals surface area contributed by atoms with Crippen molar-refractivity contribution in [3.63, 3.8) is 0 Å². The molecule has 0 aliphatic carbocycles. The second kappa shape index (κ2) is 7.41. The highest BCUT2D eigenvalue weighted by Gasteiger charge is 2.13. The number of rotatable bonds is 7. The third-order valence-corrected chi connectivity index (χ3v) is 3.00. The minimum atomic E-state index is -0.177. The van der Waals surface area contributed by atoms with E-state index in [4.69, 9.17) is 4.74 Å². The van der Waals surface area contributed by atoms with Gasteiger partial charge in [-0.15, -0.1) is 0 Å². The maximum atomic E-state index is 12.8. The molecule has 2 nitrogen and oxygen atoms in total. The molecule has 3 heteroatoms. The highest BCUT2D eigenvalue weighted by molar-refractivity contribution is 5.16. The van der Waals surface area contributed by atoms with Crippen molar-refractivity contribution in [2.45, 2.75) is 25.9 Å². The molecule has 17 heavy (non-hydrogen) atoms. The smallest absolute Gasteiger partial charge is 0.123 e. The topological polar surface area (TPSA) is 21.3 Å². The molecule has 2 atom stereocenters. The maximum absolute atomic E-state index is 12.8. The molecule has 0 aromatic heterocycles. The Morgan fingerprint density at radius 3 is 2.47 bits per heavy atom. The van der Waals surface area contributed by atoms with E-state index in [0.717, 1.165) is 19.4 Å². The third kappa shape index (κ3) is 5.29. The normalized spacial score (nSPS) is 14.6. The second-order valence-electron chi connectivity index (χ2n) is 4.54. The predicted molar refractivity (Wildman–Crippen MR) is 68.6 cm³/mol. The van der Waals surface area contributed by atoms with Crippen LogP contribution in [-0.2, 0) is 11.2 Å². The molecule has 1 aromatic carbocycles. The van der Waals surface area contributed by atoms with Gasteiger partial charge in [0, 0.05) is 7.11 Å². The highest BCUT2D eigenvalue weighted by atomic mass is 19.1. The first kappa shape index (κ1) is 14.1. The van der Waals surface area contributed by atoms with Crippen molar-refractivity contribution in [2.24, 2.45) is 5.92 Å². The Morgan fingerprint density at radius 2 is 1.94 bits per heavy atom. The summed E-state index contributed by atoms with van der Waals surface area (Å²) in [6.45, 7) is 3.03. The first-order valence-electron chi connectivity index (χ1n) is 6.07. The van der Waals surface area contributed by atoms with Crippen LogP contribution in [0.15, 0.2) is 24.3 Å². The van der Waals surface area contributed by atoms with E-state index in [-0.39, 0.29) is 11.9 Å². The fourth-order valence-corrected chi connectivity index (χ4v) is 2.05. The Bertz CT molecular complexity index is 313. The van der Waals surface area contributed by atoms with Crippen LogP contribution >= 0.6 is 0 Å². The van der Waals surface area contributed by atoms with Crippen molar-refractivity contribution in [3.8, 4) is 0 Å². The second-order valence-corrected chi connectivity index (χ2v) is 4.54. The molecule has 0 saturated heterocycles. The molecule has 0 aliphatic heterocycles. The summed E-state index contributed by atoms with van der Waals surface area (Å²) in [7, 11) is 3.69. The van der Waals surface area contributed by atoms with Gasteiger partial charge < -0.3 is 10.1 Å². The van der Waals surface area contributed by atoms with Gasteiger partial charge in [-0.3, -0.25) is 0 Å². The van der Waals surface area contributed by atoms with Crippen molar-refractivity contribution >= 4 is 0 Å². The number of benzene rings is 1. The number of halogens is 1. The van der Waals surface area contributed by atoms with Crippen LogP contribution in [0.2, 0.25) is 0 Å². The van der Waals surface area contributed by atoms with E-state index < -0.39 is 0 Å². The van der Waals surface area contributed by atoms with Gasteiger partial charge >= 0.3 is 0 Å². The van der Waals surface area contributed by atoms with Gasteiger partial charge in [0.05, 0.1) is 6.10 Å². The predicted octanol–water partition coefficient (Wildman–Crippen LogP) is 2.63. The number of methoxy groups -OCH3 is 1. The van der Waals surface area contributed by atoms with Crippen LogP contribution in [-0.4, -0.2) is 26.8 Å². The number of hydrogen-bond donors (Lipinski definition) is 1. The van der Waals surface area contributed by atoms with Gasteiger partial charge in [0.2, 0.25) is 0 Å². The molecule has 0 fully saturated rings. The first-order chi connectivity index (χ1) is 8.15. The molecular weight excluding hydrogens is 217 g/mol. The van der Waals surface area contributed by atoms with Crippen molar-refractivity contribution in [1.82, 2.24) is 5.32 Å². The lowest BCUT2D eigenvalue weighted by Gasteiger charge is -2.20. The monoisotopic (exact) mass is 239 g/mol. The molecule has 0 amide bonds. The van der Waals surface area contributed by atoms with Crippen LogP contribution in [0.1, 0.15) is 18.9 Å². The summed E-state index contributed by atoms with van der Waals surface area (Å²) in [6, 6.07) is 6.75. The van der Waals surface area contributed by atoms with E-state index in [2.05, 4.69) is 12.2 Å². The van der Waals surface area contributed by atoms with Crippen LogP contribution in [0, 0.1) is 11.7 Å². The molecule has 2 unspecified atom stereocenters. The van der Waals surface area contributed by atoms with Crippen LogP contribution in [0.25, 0.3) is 0 Å². The molecule has 1 N–H and O–H groups in total. The van der Waals surface area contributed by atoms with Gasteiger partial charge in [0.15, 0.2) is 0 Å². The average molecular weight is 239 g/mol. The lowest BCUT2D eigenvalue weighted by Crippen LogP contribution is -2.24. The van der Waals surface area contributed by atoms with Crippen LogP contribution in [0.5, 0.6) is 0 Å². The lowest BCUT2D eigenvalue weighted by atomic mass is 9.94. The minimum Gasteiger partial charge on any atom is -0.382 e. The molecular formula is C14H22FNO. The standard InChI is InChI=1S/C14H22FNO/c1-11(17-3)8-13(10-16-2)9-12-4-6-14(15)7-5-12/h4-7,11,13,16H,8-10H2,1-3H3. The number of hydrogen-bond acceptors (Lipinski definition) is 2. The van der Waals surface area contributed by atoms with Gasteiger partial charge in [0.25, 0.3) is 0 Å². The van der Waals surface area contributed by atoms with Crippen molar-refractivity contribution in [3.05, 3.63) is 35.6 Å². The van der Waals surface area contributed by atoms with E-state index >= 15 is 0 Å². The Kier molecular flexibility index (Phi) is 6.16. The van der Waals surface area contributed by atoms with Gasteiger partial charge in [0.1, 0.15) is 5.82 Å². The summed E-state index contributed by atoms with van der Waals surface area (Å²) in [5, 5.41) is 3.20. The van der Waals surface area contributed by atoms with Crippen LogP contribution in [0.3, 0.4) is 0 Å². The zero-order valence-electron chi connectivity index (χ0n) is 10.9. The molecule has 1 rings (SSSR count). The maximum Gasteiger partial charge on any atom is 0.123 e. The molecule has 0 bridgehead atoms. The zero-order chi connectivity index (χ0) is 12.7. The highest BCUT2D eigenvalue weighted by Crippen LogP contribution is 2.15. The quantitative estimate of drug-likeness (QED) is 0.789. The van der Waals surface area contributed by atoms with Crippen molar-refractivity contribution in [2.75, 3.05) is 20.7 Å². The summed E-state index contributed by atoms with van der Waals surface area (Å²) >= 11 is 0. The van der Waals surface area contributed by atoms with E-state index in [9.17, 15) is 4.39 Å². The van der Waals surface area contributed by atoms with Crippen molar-refractivity contribution in [1.29, 1.82) is 0 Å². The summed E-state index contributed by atoms with van der Waals surface area (Å²) in [6.07, 6.45) is 2.22. The lowest BCUT2D eigenvalue weighted by molar-refractivity contribution is 0.0949. The average Bonchev–Trinajstić information content (AvgIpc) is 2.32. The summed E-state index contributed by atoms with van der Waals surface area (Å²) < 4.78 is 18.1. The molecule has 0 spiro atoms. The van der Waals surface area contributed by atoms with Gasteiger partial charge in [-0.1, -0.05) is 12.1 Å². The zero-order valence-corrected chi connectivity index (χ0v) is 10.9. The SMILES string of the molecule is CNCC(Cc1ccc(F)cc1)CC(C)OC. The van der Waals surface area contributed by atoms with Crippen LogP contribution in [0.4, 0.5) is 4.39 Å². The first-order valence-corrected chi connectivity index (χ1v) is 6.07. The minimum absolute atomic E-state index is 0.177. The fourth-order valence-electron chi connectivity index (χ4n) is 2.05. The Labute approximate surface area is 103 Å². The fraction of sp³-hybridized carbons (Fsp3) is 0.571. The number of ether oxygens (including phenoxy) is 1. The number of nitrogens with one attached hydrogen (secondary N) is 1. The van der Waals surface area contributed by atoms with E-state index in [1.165, 1.54) is 17.7 Å². The molecule has 0 heterocycles. The van der Waals surface area contributed by atoms with E-state index in [1.54, 1.807) is 7.11 Å². The summed E-state index contributed by atoms with van der Waals surface area (Å²) in [5.41, 5.74) is 1.18. The third-order valence-electron chi connectivity index (χ3n) is 3.00. The van der Waals surface area contributed by atoms with Gasteiger partial charge in [-0.25, -0.2) is 4.39 Å². The molecule has 0 aliphatic rings. The largest absolute Gasteiger partial charge is 0.382 e. The molecule has 0 saturated carbocycles. The van der Waals surface area contributed by atoms with E-state index in [1.807, 2.05) is 19.2 Å². The summed E-state index contributed by atoms with van der Waals surface area (Å²) in [4.78, 5) is 0. The summed E-state index contributed by atoms with van der Waals surface area (Å²) in [5.74, 6) is 0.338. The van der Waals surface area contributed by atoms with Gasteiger partial charge in [-0.2, -0.15) is 0 Å². The molecule has 0 radical (unpaired) electrons. The van der Waals surface area contributed by atoms with Crippen molar-refractivity contribution < 1.29 is 9.13 Å².